The lowest BCUT2D eigenvalue weighted by atomic mass is 9.99. The average Bonchev–Trinajstić information content (AvgIpc) is 3.15. The van der Waals surface area contributed by atoms with E-state index in [2.05, 4.69) is 17.9 Å². The highest BCUT2D eigenvalue weighted by Gasteiger charge is 2.32. The number of sulfonamides is 1. The third-order valence-corrected chi connectivity index (χ3v) is 7.17. The van der Waals surface area contributed by atoms with Gasteiger partial charge in [0.1, 0.15) is 5.75 Å². The fourth-order valence-corrected chi connectivity index (χ4v) is 5.04. The molecule has 0 unspecified atom stereocenters. The number of aryl methyl sites for hydroxylation is 1. The number of allylic oxidation sites excluding steroid dienone is 2. The summed E-state index contributed by atoms with van der Waals surface area (Å²) in [5.74, 6) is 6.33. The van der Waals surface area contributed by atoms with Gasteiger partial charge in [-0.2, -0.15) is 4.31 Å². The second-order valence-corrected chi connectivity index (χ2v) is 9.35. The zero-order valence-electron chi connectivity index (χ0n) is 15.9. The third kappa shape index (κ3) is 3.58. The SMILES string of the molecule is Cc1ccc(S(=O)(=O)N2Cc3ccc(C#CC4=CCCCC4)c(O)c3C2)cc1. The zero-order chi connectivity index (χ0) is 19.7. The molecule has 0 saturated carbocycles. The Kier molecular flexibility index (Phi) is 5.01. The molecule has 28 heavy (non-hydrogen) atoms. The summed E-state index contributed by atoms with van der Waals surface area (Å²) >= 11 is 0. The number of nitrogens with zero attached hydrogens (tertiary/aromatic N) is 1. The summed E-state index contributed by atoms with van der Waals surface area (Å²) in [4.78, 5) is 0.273. The van der Waals surface area contributed by atoms with Crippen LogP contribution in [0.5, 0.6) is 5.75 Å². The summed E-state index contributed by atoms with van der Waals surface area (Å²) in [5, 5.41) is 10.7. The van der Waals surface area contributed by atoms with Crippen LogP contribution in [-0.2, 0) is 23.1 Å². The minimum atomic E-state index is -3.61. The van der Waals surface area contributed by atoms with Crippen molar-refractivity contribution < 1.29 is 13.5 Å². The maximum absolute atomic E-state index is 13.0. The minimum absolute atomic E-state index is 0.100. The molecule has 5 heteroatoms. The molecule has 0 radical (unpaired) electrons. The van der Waals surface area contributed by atoms with Crippen molar-refractivity contribution in [3.05, 3.63) is 70.3 Å². The summed E-state index contributed by atoms with van der Waals surface area (Å²) < 4.78 is 27.3. The number of phenolic OH excluding ortho intramolecular Hbond substituents is 1. The van der Waals surface area contributed by atoms with Crippen LogP contribution in [0.3, 0.4) is 0 Å². The first-order valence-electron chi connectivity index (χ1n) is 9.57. The quantitative estimate of drug-likeness (QED) is 0.776. The molecule has 2 aromatic rings. The van der Waals surface area contributed by atoms with Crippen molar-refractivity contribution >= 4 is 10.0 Å². The summed E-state index contributed by atoms with van der Waals surface area (Å²) in [6, 6.07) is 10.5. The number of rotatable bonds is 2. The fraction of sp³-hybridized carbons (Fsp3) is 0.304. The Bertz CT molecular complexity index is 1100. The van der Waals surface area contributed by atoms with Crippen molar-refractivity contribution in [2.45, 2.75) is 50.6 Å². The first kappa shape index (κ1) is 18.8. The molecule has 4 rings (SSSR count). The molecule has 1 heterocycles. The van der Waals surface area contributed by atoms with Crippen molar-refractivity contribution in [1.82, 2.24) is 4.31 Å². The van der Waals surface area contributed by atoms with Gasteiger partial charge in [-0.3, -0.25) is 0 Å². The van der Waals surface area contributed by atoms with Crippen molar-refractivity contribution in [2.75, 3.05) is 0 Å². The Balaban J connectivity index is 1.60. The lowest BCUT2D eigenvalue weighted by molar-refractivity contribution is 0.422. The van der Waals surface area contributed by atoms with Gasteiger partial charge >= 0.3 is 0 Å². The van der Waals surface area contributed by atoms with E-state index in [0.717, 1.165) is 36.0 Å². The van der Waals surface area contributed by atoms with Crippen LogP contribution < -0.4 is 0 Å². The molecule has 0 aromatic heterocycles. The number of hydrogen-bond acceptors (Lipinski definition) is 3. The topological polar surface area (TPSA) is 57.6 Å². The van der Waals surface area contributed by atoms with Gasteiger partial charge in [-0.05, 0) is 61.9 Å². The van der Waals surface area contributed by atoms with Gasteiger partial charge in [-0.25, -0.2) is 8.42 Å². The molecule has 0 bridgehead atoms. The number of benzene rings is 2. The molecule has 1 aliphatic heterocycles. The maximum atomic E-state index is 13.0. The van der Waals surface area contributed by atoms with Crippen LogP contribution in [0, 0.1) is 18.8 Å². The van der Waals surface area contributed by atoms with E-state index in [1.807, 2.05) is 13.0 Å². The van der Waals surface area contributed by atoms with Crippen LogP contribution in [-0.4, -0.2) is 17.8 Å². The van der Waals surface area contributed by atoms with E-state index in [1.54, 1.807) is 30.3 Å². The highest BCUT2D eigenvalue weighted by molar-refractivity contribution is 7.89. The van der Waals surface area contributed by atoms with Crippen molar-refractivity contribution in [1.29, 1.82) is 0 Å². The van der Waals surface area contributed by atoms with Crippen LogP contribution >= 0.6 is 0 Å². The van der Waals surface area contributed by atoms with E-state index in [0.29, 0.717) is 11.1 Å². The van der Waals surface area contributed by atoms with Gasteiger partial charge in [0.05, 0.1) is 10.5 Å². The summed E-state index contributed by atoms with van der Waals surface area (Å²) in [6.45, 7) is 2.35. The van der Waals surface area contributed by atoms with Crippen molar-refractivity contribution in [2.24, 2.45) is 0 Å². The van der Waals surface area contributed by atoms with Crippen LogP contribution in [0.4, 0.5) is 0 Å². The van der Waals surface area contributed by atoms with Gasteiger partial charge < -0.3 is 5.11 Å². The normalized spacial score (nSPS) is 16.8. The highest BCUT2D eigenvalue weighted by Crippen LogP contribution is 2.35. The Morgan fingerprint density at radius 2 is 1.79 bits per heavy atom. The Morgan fingerprint density at radius 3 is 2.50 bits per heavy atom. The van der Waals surface area contributed by atoms with E-state index < -0.39 is 10.0 Å². The first-order chi connectivity index (χ1) is 13.4. The molecule has 0 atom stereocenters. The van der Waals surface area contributed by atoms with E-state index in [9.17, 15) is 13.5 Å². The molecule has 144 valence electrons. The predicted octanol–water partition coefficient (Wildman–Crippen LogP) is 4.26. The second-order valence-electron chi connectivity index (χ2n) is 7.41. The number of hydrogen-bond donors (Lipinski definition) is 1. The van der Waals surface area contributed by atoms with Crippen LogP contribution in [0.1, 0.15) is 47.9 Å². The number of fused-ring (bicyclic) bond motifs is 1. The van der Waals surface area contributed by atoms with E-state index in [4.69, 9.17) is 0 Å². The molecule has 1 N–H and O–H groups in total. The summed E-state index contributed by atoms with van der Waals surface area (Å²) in [6.07, 6.45) is 6.58. The molecule has 0 fully saturated rings. The minimum Gasteiger partial charge on any atom is -0.506 e. The summed E-state index contributed by atoms with van der Waals surface area (Å²) in [5.41, 5.74) is 4.17. The third-order valence-electron chi connectivity index (χ3n) is 5.37. The predicted molar refractivity (Wildman–Crippen MR) is 109 cm³/mol. The van der Waals surface area contributed by atoms with Gasteiger partial charge in [0.15, 0.2) is 0 Å². The average molecular weight is 394 g/mol. The Labute approximate surface area is 166 Å². The Hall–Kier alpha value is -2.55. The molecule has 0 spiro atoms. The van der Waals surface area contributed by atoms with Gasteiger partial charge in [-0.1, -0.05) is 41.7 Å². The molecule has 2 aliphatic rings. The van der Waals surface area contributed by atoms with E-state index >= 15 is 0 Å². The van der Waals surface area contributed by atoms with Crippen LogP contribution in [0.2, 0.25) is 0 Å². The Morgan fingerprint density at radius 1 is 1.00 bits per heavy atom. The second kappa shape index (κ2) is 7.46. The standard InChI is InChI=1S/C23H23NO3S/c1-17-7-13-21(14-8-17)28(26,27)24-15-20-12-11-19(23(25)22(20)16-24)10-9-18-5-3-2-4-6-18/h5,7-8,11-14,25H,2-4,6,15-16H2,1H3. The summed E-state index contributed by atoms with van der Waals surface area (Å²) in [7, 11) is -3.61. The van der Waals surface area contributed by atoms with Gasteiger partial charge in [0.2, 0.25) is 10.0 Å². The molecule has 4 nitrogen and oxygen atoms in total. The molecule has 0 saturated heterocycles. The van der Waals surface area contributed by atoms with Gasteiger partial charge in [0, 0.05) is 18.7 Å². The molecule has 0 amide bonds. The molecule has 1 aliphatic carbocycles. The number of aromatic hydroxyl groups is 1. The molecule has 2 aromatic carbocycles. The first-order valence-corrected chi connectivity index (χ1v) is 11.0. The van der Waals surface area contributed by atoms with Gasteiger partial charge in [-0.15, -0.1) is 0 Å². The maximum Gasteiger partial charge on any atom is 0.243 e. The lowest BCUT2D eigenvalue weighted by Crippen LogP contribution is -2.25. The van der Waals surface area contributed by atoms with Crippen molar-refractivity contribution in [3.63, 3.8) is 0 Å². The van der Waals surface area contributed by atoms with Crippen LogP contribution in [0.25, 0.3) is 0 Å². The molecular weight excluding hydrogens is 370 g/mol. The smallest absolute Gasteiger partial charge is 0.243 e. The van der Waals surface area contributed by atoms with Crippen molar-refractivity contribution in [3.8, 4) is 17.6 Å². The van der Waals surface area contributed by atoms with Crippen LogP contribution in [0.15, 0.2) is 52.9 Å². The zero-order valence-corrected chi connectivity index (χ0v) is 16.7. The fourth-order valence-electron chi connectivity index (χ4n) is 3.65. The lowest BCUT2D eigenvalue weighted by Gasteiger charge is -2.15. The largest absolute Gasteiger partial charge is 0.506 e. The number of phenols is 1. The monoisotopic (exact) mass is 393 g/mol. The van der Waals surface area contributed by atoms with Gasteiger partial charge in [0.25, 0.3) is 0 Å². The highest BCUT2D eigenvalue weighted by atomic mass is 32.2. The van der Waals surface area contributed by atoms with E-state index in [-0.39, 0.29) is 23.7 Å². The molecular formula is C23H23NO3S. The van der Waals surface area contributed by atoms with E-state index in [1.165, 1.54) is 10.7 Å².